The number of amides is 2. The van der Waals surface area contributed by atoms with Crippen LogP contribution in [0.2, 0.25) is 0 Å². The summed E-state index contributed by atoms with van der Waals surface area (Å²) in [7, 11) is 0. The van der Waals surface area contributed by atoms with Crippen LogP contribution in [-0.2, 0) is 9.53 Å². The van der Waals surface area contributed by atoms with Gasteiger partial charge in [-0.2, -0.15) is 0 Å². The lowest BCUT2D eigenvalue weighted by Crippen LogP contribution is -2.46. The highest BCUT2D eigenvalue weighted by molar-refractivity contribution is 5.92. The molecule has 1 fully saturated rings. The van der Waals surface area contributed by atoms with E-state index in [0.717, 1.165) is 25.8 Å². The highest BCUT2D eigenvalue weighted by atomic mass is 16.5. The molecule has 0 saturated heterocycles. The molecule has 2 atom stereocenters. The van der Waals surface area contributed by atoms with Crippen molar-refractivity contribution >= 4 is 12.0 Å². The zero-order valence-corrected chi connectivity index (χ0v) is 11.9. The summed E-state index contributed by atoms with van der Waals surface area (Å²) in [6.45, 7) is 5.62. The van der Waals surface area contributed by atoms with E-state index in [0.29, 0.717) is 18.5 Å². The van der Waals surface area contributed by atoms with Gasteiger partial charge in [0.15, 0.2) is 0 Å². The van der Waals surface area contributed by atoms with Gasteiger partial charge in [0.1, 0.15) is 0 Å². The number of hydrogen-bond acceptors (Lipinski definition) is 5. The fraction of sp³-hybridized carbons (Fsp3) is 0.846. The molecule has 1 aliphatic carbocycles. The maximum atomic E-state index is 11.8. The Labute approximate surface area is 114 Å². The third-order valence-electron chi connectivity index (χ3n) is 3.66. The second kappa shape index (κ2) is 8.12. The van der Waals surface area contributed by atoms with Gasteiger partial charge in [-0.15, -0.1) is 0 Å². The first-order valence-corrected chi connectivity index (χ1v) is 7.03. The molecule has 2 amide bonds. The fourth-order valence-corrected chi connectivity index (χ4v) is 2.74. The van der Waals surface area contributed by atoms with E-state index in [1.165, 1.54) is 0 Å². The lowest BCUT2D eigenvalue weighted by molar-refractivity contribution is -0.122. The molecule has 6 heteroatoms. The van der Waals surface area contributed by atoms with E-state index >= 15 is 0 Å². The predicted molar refractivity (Wildman–Crippen MR) is 72.6 cm³/mol. The van der Waals surface area contributed by atoms with Crippen LogP contribution in [0.15, 0.2) is 0 Å². The van der Waals surface area contributed by atoms with Crippen LogP contribution in [0, 0.1) is 5.92 Å². The average molecular weight is 271 g/mol. The summed E-state index contributed by atoms with van der Waals surface area (Å²) >= 11 is 0. The maximum Gasteiger partial charge on any atom is 0.413 e. The Morgan fingerprint density at radius 2 is 2.11 bits per heavy atom. The van der Waals surface area contributed by atoms with Crippen LogP contribution in [0.25, 0.3) is 0 Å². The zero-order valence-electron chi connectivity index (χ0n) is 11.9. The van der Waals surface area contributed by atoms with Crippen LogP contribution in [0.5, 0.6) is 0 Å². The molecule has 1 saturated carbocycles. The van der Waals surface area contributed by atoms with Gasteiger partial charge in [0.25, 0.3) is 0 Å². The van der Waals surface area contributed by atoms with Gasteiger partial charge in [-0.05, 0) is 38.8 Å². The van der Waals surface area contributed by atoms with E-state index in [1.807, 2.05) is 6.92 Å². The standard InChI is InChI=1S/C13H25N3O3/c1-3-16(11-7-5-6-10(11)8-14)9-12(17)15-13(18)19-4-2/h10-11H,3-9,14H2,1-2H3,(H,15,17,18). The van der Waals surface area contributed by atoms with Crippen molar-refractivity contribution in [2.45, 2.75) is 39.2 Å². The van der Waals surface area contributed by atoms with Crippen LogP contribution >= 0.6 is 0 Å². The lowest BCUT2D eigenvalue weighted by Gasteiger charge is -2.30. The number of carbonyl (C=O) groups is 2. The molecule has 0 heterocycles. The monoisotopic (exact) mass is 271 g/mol. The summed E-state index contributed by atoms with van der Waals surface area (Å²) in [6, 6.07) is 0.350. The quantitative estimate of drug-likeness (QED) is 0.743. The van der Waals surface area contributed by atoms with Gasteiger partial charge >= 0.3 is 6.09 Å². The zero-order chi connectivity index (χ0) is 14.3. The molecule has 2 unspecified atom stereocenters. The number of nitrogens with one attached hydrogen (secondary N) is 1. The van der Waals surface area contributed by atoms with Crippen LogP contribution in [0.1, 0.15) is 33.1 Å². The minimum Gasteiger partial charge on any atom is -0.450 e. The van der Waals surface area contributed by atoms with Crippen molar-refractivity contribution in [3.8, 4) is 0 Å². The normalized spacial score (nSPS) is 22.5. The molecule has 0 bridgehead atoms. The van der Waals surface area contributed by atoms with Crippen LogP contribution in [0.4, 0.5) is 4.79 Å². The van der Waals surface area contributed by atoms with E-state index < -0.39 is 6.09 Å². The smallest absolute Gasteiger partial charge is 0.413 e. The molecular weight excluding hydrogens is 246 g/mol. The Kier molecular flexibility index (Phi) is 6.80. The predicted octanol–water partition coefficient (Wildman–Crippen LogP) is 0.708. The summed E-state index contributed by atoms with van der Waals surface area (Å²) in [4.78, 5) is 25.0. The minimum absolute atomic E-state index is 0.219. The summed E-state index contributed by atoms with van der Waals surface area (Å²) in [5, 5.41) is 2.23. The van der Waals surface area contributed by atoms with Gasteiger partial charge in [-0.1, -0.05) is 13.3 Å². The summed E-state index contributed by atoms with van der Waals surface area (Å²) in [6.07, 6.45) is 2.67. The Hall–Kier alpha value is -1.14. The number of nitrogens with zero attached hydrogens (tertiary/aromatic N) is 1. The molecule has 19 heavy (non-hydrogen) atoms. The van der Waals surface area contributed by atoms with Crippen molar-refractivity contribution in [2.75, 3.05) is 26.2 Å². The summed E-state index contributed by atoms with van der Waals surface area (Å²) in [5.41, 5.74) is 5.77. The molecule has 6 nitrogen and oxygen atoms in total. The minimum atomic E-state index is -0.676. The van der Waals surface area contributed by atoms with Gasteiger partial charge in [0.2, 0.25) is 5.91 Å². The number of alkyl carbamates (subject to hydrolysis) is 1. The van der Waals surface area contributed by atoms with Gasteiger partial charge in [-0.25, -0.2) is 4.79 Å². The van der Waals surface area contributed by atoms with E-state index in [4.69, 9.17) is 5.73 Å². The van der Waals surface area contributed by atoms with Crippen molar-refractivity contribution in [1.29, 1.82) is 0 Å². The first-order chi connectivity index (χ1) is 9.12. The molecule has 0 spiro atoms. The summed E-state index contributed by atoms with van der Waals surface area (Å²) < 4.78 is 4.69. The Morgan fingerprint density at radius 3 is 2.68 bits per heavy atom. The van der Waals surface area contributed by atoms with Crippen LogP contribution < -0.4 is 11.1 Å². The molecule has 0 aromatic rings. The van der Waals surface area contributed by atoms with Crippen molar-refractivity contribution in [2.24, 2.45) is 11.7 Å². The second-order valence-electron chi connectivity index (χ2n) is 4.83. The number of nitrogens with two attached hydrogens (primary N) is 1. The van der Waals surface area contributed by atoms with Crippen LogP contribution in [0.3, 0.4) is 0 Å². The Morgan fingerprint density at radius 1 is 1.37 bits per heavy atom. The van der Waals surface area contributed by atoms with Gasteiger partial charge in [0, 0.05) is 6.04 Å². The second-order valence-corrected chi connectivity index (χ2v) is 4.83. The molecule has 3 N–H and O–H groups in total. The highest BCUT2D eigenvalue weighted by Crippen LogP contribution is 2.28. The first kappa shape index (κ1) is 15.9. The molecule has 0 radical (unpaired) electrons. The third kappa shape index (κ3) is 4.80. The van der Waals surface area contributed by atoms with Crippen molar-refractivity contribution in [3.63, 3.8) is 0 Å². The molecule has 0 aromatic carbocycles. The maximum absolute atomic E-state index is 11.8. The number of hydrogen-bond donors (Lipinski definition) is 2. The van der Waals surface area contributed by atoms with Gasteiger partial charge < -0.3 is 10.5 Å². The van der Waals surface area contributed by atoms with E-state index in [1.54, 1.807) is 6.92 Å². The number of imide groups is 1. The third-order valence-corrected chi connectivity index (χ3v) is 3.66. The van der Waals surface area contributed by atoms with E-state index in [9.17, 15) is 9.59 Å². The highest BCUT2D eigenvalue weighted by Gasteiger charge is 2.31. The van der Waals surface area contributed by atoms with Gasteiger partial charge in [0.05, 0.1) is 13.2 Å². The summed E-state index contributed by atoms with van der Waals surface area (Å²) in [5.74, 6) is 0.137. The largest absolute Gasteiger partial charge is 0.450 e. The topological polar surface area (TPSA) is 84.7 Å². The van der Waals surface area contributed by atoms with Crippen molar-refractivity contribution < 1.29 is 14.3 Å². The van der Waals surface area contributed by atoms with Crippen molar-refractivity contribution in [1.82, 2.24) is 10.2 Å². The number of ether oxygens (including phenoxy) is 1. The molecular formula is C13H25N3O3. The molecule has 0 aliphatic heterocycles. The van der Waals surface area contributed by atoms with Crippen LogP contribution in [-0.4, -0.2) is 49.2 Å². The molecule has 110 valence electrons. The first-order valence-electron chi connectivity index (χ1n) is 7.03. The molecule has 0 aromatic heterocycles. The molecule has 1 aliphatic rings. The van der Waals surface area contributed by atoms with Gasteiger partial charge in [-0.3, -0.25) is 15.0 Å². The SMILES string of the molecule is CCOC(=O)NC(=O)CN(CC)C1CCCC1CN. The van der Waals surface area contributed by atoms with Crippen molar-refractivity contribution in [3.05, 3.63) is 0 Å². The van der Waals surface area contributed by atoms with E-state index in [-0.39, 0.29) is 19.1 Å². The lowest BCUT2D eigenvalue weighted by atomic mass is 10.0. The van der Waals surface area contributed by atoms with E-state index in [2.05, 4.69) is 15.0 Å². The number of rotatable bonds is 6. The molecule has 1 rings (SSSR count). The Balaban J connectivity index is 2.47. The number of likely N-dealkylation sites (N-methyl/N-ethyl adjacent to an activating group) is 1. The fourth-order valence-electron chi connectivity index (χ4n) is 2.74. The average Bonchev–Trinajstić information content (AvgIpc) is 2.84. The number of carbonyl (C=O) groups excluding carboxylic acids is 2. The Bertz CT molecular complexity index is 310.